The number of aryl methyl sites for hydroxylation is 1. The first-order valence-electron chi connectivity index (χ1n) is 14.5. The summed E-state index contributed by atoms with van der Waals surface area (Å²) in [7, 11) is 0. The monoisotopic (exact) mass is 574 g/mol. The Morgan fingerprint density at radius 1 is 0.976 bits per heavy atom. The highest BCUT2D eigenvalue weighted by molar-refractivity contribution is 5.93. The van der Waals surface area contributed by atoms with Crippen LogP contribution in [0.1, 0.15) is 61.3 Å². The van der Waals surface area contributed by atoms with Crippen LogP contribution in [0, 0.1) is 12.8 Å². The maximum absolute atomic E-state index is 13.4. The predicted molar refractivity (Wildman–Crippen MR) is 156 cm³/mol. The zero-order valence-corrected chi connectivity index (χ0v) is 23.4. The van der Waals surface area contributed by atoms with E-state index < -0.39 is 17.7 Å². The van der Waals surface area contributed by atoms with E-state index in [1.54, 1.807) is 12.5 Å². The molecule has 3 heterocycles. The van der Waals surface area contributed by atoms with E-state index in [0.717, 1.165) is 72.8 Å². The number of rotatable bonds is 6. The minimum Gasteiger partial charge on any atom is -0.326 e. The van der Waals surface area contributed by atoms with Crippen molar-refractivity contribution >= 4 is 34.1 Å². The maximum Gasteiger partial charge on any atom is 0.416 e. The molecule has 0 unspecified atom stereocenters. The number of carbonyl (C=O) groups excluding carboxylic acids is 1. The van der Waals surface area contributed by atoms with Crippen molar-refractivity contribution < 1.29 is 18.0 Å². The first-order valence-corrected chi connectivity index (χ1v) is 14.5. The molecule has 4 aromatic rings. The van der Waals surface area contributed by atoms with Crippen molar-refractivity contribution in [1.82, 2.24) is 20.3 Å². The van der Waals surface area contributed by atoms with E-state index in [1.807, 2.05) is 24.3 Å². The third-order valence-electron chi connectivity index (χ3n) is 8.43. The Morgan fingerprint density at radius 2 is 1.76 bits per heavy atom. The summed E-state index contributed by atoms with van der Waals surface area (Å²) in [5, 5.41) is 6.22. The molecule has 2 N–H and O–H groups in total. The summed E-state index contributed by atoms with van der Waals surface area (Å²) >= 11 is 0. The van der Waals surface area contributed by atoms with Crippen LogP contribution in [-0.2, 0) is 11.0 Å². The highest BCUT2D eigenvalue weighted by atomic mass is 19.4. The average Bonchev–Trinajstić information content (AvgIpc) is 3.53. The number of halogens is 3. The Labute approximate surface area is 242 Å². The molecule has 2 aromatic heterocycles. The van der Waals surface area contributed by atoms with E-state index in [4.69, 9.17) is 0 Å². The SMILES string of the molecule is Cc1ccc(NC(=O)[C@@H]2CCCN[C@H]2c2ccc(N(c3ncnc4cccnc34)C3CCCC3)cc2)cc1C(F)(F)F. The fourth-order valence-corrected chi connectivity index (χ4v) is 6.33. The summed E-state index contributed by atoms with van der Waals surface area (Å²) in [6, 6.07) is 15.9. The number of aromatic nitrogens is 3. The molecule has 2 fully saturated rings. The number of carbonyl (C=O) groups is 1. The number of nitrogens with one attached hydrogen (secondary N) is 2. The van der Waals surface area contributed by atoms with Gasteiger partial charge in [-0.15, -0.1) is 0 Å². The smallest absolute Gasteiger partial charge is 0.326 e. The van der Waals surface area contributed by atoms with Gasteiger partial charge in [0.1, 0.15) is 11.8 Å². The number of fused-ring (bicyclic) bond motifs is 1. The second-order valence-electron chi connectivity index (χ2n) is 11.2. The topological polar surface area (TPSA) is 83.0 Å². The quantitative estimate of drug-likeness (QED) is 0.255. The molecular weight excluding hydrogens is 541 g/mol. The van der Waals surface area contributed by atoms with E-state index in [-0.39, 0.29) is 23.2 Å². The fraction of sp³-hybridized carbons (Fsp3) is 0.375. The first-order chi connectivity index (χ1) is 20.3. The Morgan fingerprint density at radius 3 is 2.52 bits per heavy atom. The van der Waals surface area contributed by atoms with Crippen LogP contribution < -0.4 is 15.5 Å². The third-order valence-corrected chi connectivity index (χ3v) is 8.43. The van der Waals surface area contributed by atoms with E-state index in [2.05, 4.69) is 42.6 Å². The van der Waals surface area contributed by atoms with Crippen LogP contribution in [0.25, 0.3) is 11.0 Å². The molecule has 1 amide bonds. The van der Waals surface area contributed by atoms with Crippen molar-refractivity contribution in [1.29, 1.82) is 0 Å². The van der Waals surface area contributed by atoms with Gasteiger partial charge < -0.3 is 15.5 Å². The minimum atomic E-state index is -4.48. The number of amides is 1. The molecule has 218 valence electrons. The summed E-state index contributed by atoms with van der Waals surface area (Å²) < 4.78 is 40.3. The zero-order valence-electron chi connectivity index (χ0n) is 23.4. The van der Waals surface area contributed by atoms with E-state index >= 15 is 0 Å². The number of alkyl halides is 3. The van der Waals surface area contributed by atoms with Crippen LogP contribution in [-0.4, -0.2) is 33.4 Å². The summed E-state index contributed by atoms with van der Waals surface area (Å²) in [6.07, 6.45) is 4.72. The number of anilines is 3. The lowest BCUT2D eigenvalue weighted by Crippen LogP contribution is -2.40. The van der Waals surface area contributed by atoms with Gasteiger partial charge in [-0.25, -0.2) is 9.97 Å². The Bertz CT molecular complexity index is 1560. The molecule has 6 rings (SSSR count). The highest BCUT2D eigenvalue weighted by Gasteiger charge is 2.35. The van der Waals surface area contributed by atoms with E-state index in [0.29, 0.717) is 12.5 Å². The number of piperidine rings is 1. The number of hydrogen-bond donors (Lipinski definition) is 2. The maximum atomic E-state index is 13.4. The Kier molecular flexibility index (Phi) is 7.81. The van der Waals surface area contributed by atoms with Crippen molar-refractivity contribution in [3.8, 4) is 0 Å². The number of benzene rings is 2. The lowest BCUT2D eigenvalue weighted by atomic mass is 9.85. The number of pyridine rings is 1. The predicted octanol–water partition coefficient (Wildman–Crippen LogP) is 7.11. The molecule has 10 heteroatoms. The van der Waals surface area contributed by atoms with Gasteiger partial charge in [0, 0.05) is 29.7 Å². The van der Waals surface area contributed by atoms with Gasteiger partial charge in [0.05, 0.1) is 17.0 Å². The third kappa shape index (κ3) is 5.68. The molecule has 1 saturated carbocycles. The second kappa shape index (κ2) is 11.7. The van der Waals surface area contributed by atoms with Crippen molar-refractivity contribution in [2.24, 2.45) is 5.92 Å². The normalized spacial score (nSPS) is 19.6. The fourth-order valence-electron chi connectivity index (χ4n) is 6.33. The van der Waals surface area contributed by atoms with E-state index in [1.165, 1.54) is 19.1 Å². The molecule has 2 atom stereocenters. The lowest BCUT2D eigenvalue weighted by molar-refractivity contribution is -0.138. The van der Waals surface area contributed by atoms with Crippen LogP contribution in [0.3, 0.4) is 0 Å². The van der Waals surface area contributed by atoms with Gasteiger partial charge in [-0.1, -0.05) is 31.0 Å². The summed E-state index contributed by atoms with van der Waals surface area (Å²) in [4.78, 5) is 29.3. The van der Waals surface area contributed by atoms with Crippen LogP contribution >= 0.6 is 0 Å². The van der Waals surface area contributed by atoms with Crippen LogP contribution in [0.15, 0.2) is 67.1 Å². The van der Waals surface area contributed by atoms with Crippen molar-refractivity contribution in [3.05, 3.63) is 83.8 Å². The van der Waals surface area contributed by atoms with Gasteiger partial charge in [-0.3, -0.25) is 9.78 Å². The molecule has 2 aromatic carbocycles. The lowest BCUT2D eigenvalue weighted by Gasteiger charge is -2.33. The first kappa shape index (κ1) is 28.1. The van der Waals surface area contributed by atoms with Gasteiger partial charge in [-0.05, 0) is 86.7 Å². The van der Waals surface area contributed by atoms with E-state index in [9.17, 15) is 18.0 Å². The Balaban J connectivity index is 1.27. The molecule has 1 aliphatic heterocycles. The summed E-state index contributed by atoms with van der Waals surface area (Å²) in [6.45, 7) is 2.17. The van der Waals surface area contributed by atoms with Gasteiger partial charge >= 0.3 is 6.18 Å². The van der Waals surface area contributed by atoms with Crippen molar-refractivity contribution in [3.63, 3.8) is 0 Å². The molecule has 7 nitrogen and oxygen atoms in total. The van der Waals surface area contributed by atoms with Gasteiger partial charge in [0.2, 0.25) is 5.91 Å². The largest absolute Gasteiger partial charge is 0.416 e. The summed E-state index contributed by atoms with van der Waals surface area (Å²) in [5.74, 6) is 0.0603. The van der Waals surface area contributed by atoms with Crippen LogP contribution in [0.4, 0.5) is 30.4 Å². The second-order valence-corrected chi connectivity index (χ2v) is 11.2. The van der Waals surface area contributed by atoms with Gasteiger partial charge in [-0.2, -0.15) is 13.2 Å². The highest BCUT2D eigenvalue weighted by Crippen LogP contribution is 2.38. The van der Waals surface area contributed by atoms with Gasteiger partial charge in [0.25, 0.3) is 0 Å². The summed E-state index contributed by atoms with van der Waals surface area (Å²) in [5.41, 5.74) is 3.02. The zero-order chi connectivity index (χ0) is 29.3. The van der Waals surface area contributed by atoms with Crippen molar-refractivity contribution in [2.75, 3.05) is 16.8 Å². The molecule has 1 saturated heterocycles. The number of nitrogens with zero attached hydrogens (tertiary/aromatic N) is 4. The molecule has 42 heavy (non-hydrogen) atoms. The van der Waals surface area contributed by atoms with Crippen molar-refractivity contribution in [2.45, 2.75) is 63.7 Å². The molecule has 2 aliphatic rings. The number of hydrogen-bond acceptors (Lipinski definition) is 6. The minimum absolute atomic E-state index is 0.121. The molecule has 1 aliphatic carbocycles. The average molecular weight is 575 g/mol. The van der Waals surface area contributed by atoms with Gasteiger partial charge in [0.15, 0.2) is 5.82 Å². The molecular formula is C32H33F3N6O. The molecule has 0 spiro atoms. The van der Waals surface area contributed by atoms with Crippen LogP contribution in [0.5, 0.6) is 0 Å². The van der Waals surface area contributed by atoms with Crippen LogP contribution in [0.2, 0.25) is 0 Å². The Hall–Kier alpha value is -4.05. The molecule has 0 bridgehead atoms. The standard InChI is InChI=1S/C32H33F3N6O/c1-20-10-13-22(18-26(20)32(33,34)35)40-31(42)25-8-4-16-36-28(25)21-11-14-24(15-12-21)41(23-6-2-3-7-23)30-29-27(38-19-39-30)9-5-17-37-29/h5,9-15,17-19,23,25,28,36H,2-4,6-8,16H2,1H3,(H,40,42)/t25-,28+/m1/s1. The molecule has 0 radical (unpaired) electrons.